The lowest BCUT2D eigenvalue weighted by Gasteiger charge is -2.16. The van der Waals surface area contributed by atoms with Crippen LogP contribution in [0.4, 0.5) is 0 Å². The van der Waals surface area contributed by atoms with Crippen molar-refractivity contribution >= 4 is 5.97 Å². The maximum absolute atomic E-state index is 10.3. The fourth-order valence-electron chi connectivity index (χ4n) is 1.87. The Labute approximate surface area is 98.9 Å². The first kappa shape index (κ1) is 15.4. The van der Waals surface area contributed by atoms with E-state index in [-0.39, 0.29) is 6.10 Å². The lowest BCUT2D eigenvalue weighted by atomic mass is 9.95. The average molecular weight is 230 g/mol. The molecule has 0 radical (unpaired) electrons. The van der Waals surface area contributed by atoms with Crippen LogP contribution in [-0.4, -0.2) is 22.3 Å². The molecule has 0 saturated heterocycles. The minimum Gasteiger partial charge on any atom is -0.481 e. The van der Waals surface area contributed by atoms with Crippen LogP contribution in [0.15, 0.2) is 0 Å². The molecule has 3 heteroatoms. The molecule has 0 spiro atoms. The second kappa shape index (κ2) is 9.64. The molecule has 2 atom stereocenters. The summed E-state index contributed by atoms with van der Waals surface area (Å²) in [6.07, 6.45) is 7.26. The summed E-state index contributed by atoms with van der Waals surface area (Å²) in [7, 11) is 0. The fraction of sp³-hybridized carbons (Fsp3) is 0.923. The van der Waals surface area contributed by atoms with Crippen molar-refractivity contribution < 1.29 is 15.0 Å². The van der Waals surface area contributed by atoms with Crippen molar-refractivity contribution in [2.24, 2.45) is 5.92 Å². The van der Waals surface area contributed by atoms with Gasteiger partial charge in [0.05, 0.1) is 6.10 Å². The van der Waals surface area contributed by atoms with Gasteiger partial charge in [-0.2, -0.15) is 0 Å². The standard InChI is InChI=1S/C13H26O3/c1-3-12(14)11(2)9-7-5-4-6-8-10-13(15)16/h11-12,14H,3-10H2,1-2H3,(H,15,16)/t11-,12+/m1/s1. The molecule has 3 nitrogen and oxygen atoms in total. The third-order valence-corrected chi connectivity index (χ3v) is 3.13. The van der Waals surface area contributed by atoms with Crippen LogP contribution in [0.25, 0.3) is 0 Å². The molecule has 16 heavy (non-hydrogen) atoms. The van der Waals surface area contributed by atoms with E-state index >= 15 is 0 Å². The second-order valence-electron chi connectivity index (χ2n) is 4.65. The van der Waals surface area contributed by atoms with E-state index in [1.165, 1.54) is 0 Å². The van der Waals surface area contributed by atoms with Crippen LogP contribution < -0.4 is 0 Å². The third-order valence-electron chi connectivity index (χ3n) is 3.13. The lowest BCUT2D eigenvalue weighted by molar-refractivity contribution is -0.137. The molecule has 0 aromatic carbocycles. The number of carboxylic acids is 1. The van der Waals surface area contributed by atoms with Crippen LogP contribution in [0.5, 0.6) is 0 Å². The molecule has 0 aromatic rings. The van der Waals surface area contributed by atoms with E-state index in [0.717, 1.165) is 44.9 Å². The summed E-state index contributed by atoms with van der Waals surface area (Å²) in [5.74, 6) is -0.302. The van der Waals surface area contributed by atoms with Crippen LogP contribution in [0.3, 0.4) is 0 Å². The number of unbranched alkanes of at least 4 members (excludes halogenated alkanes) is 4. The zero-order valence-corrected chi connectivity index (χ0v) is 10.6. The molecular formula is C13H26O3. The van der Waals surface area contributed by atoms with E-state index in [0.29, 0.717) is 12.3 Å². The predicted molar refractivity (Wildman–Crippen MR) is 65.4 cm³/mol. The highest BCUT2D eigenvalue weighted by atomic mass is 16.4. The molecule has 0 saturated carbocycles. The molecule has 0 aliphatic rings. The zero-order chi connectivity index (χ0) is 12.4. The molecule has 0 fully saturated rings. The third kappa shape index (κ3) is 8.72. The summed E-state index contributed by atoms with van der Waals surface area (Å²) in [4.78, 5) is 10.3. The first-order chi connectivity index (χ1) is 7.57. The average Bonchev–Trinajstić information content (AvgIpc) is 2.25. The Kier molecular flexibility index (Phi) is 9.30. The van der Waals surface area contributed by atoms with Crippen LogP contribution in [0.1, 0.15) is 65.2 Å². The Morgan fingerprint density at radius 1 is 1.12 bits per heavy atom. The van der Waals surface area contributed by atoms with E-state index in [1.54, 1.807) is 0 Å². The highest BCUT2D eigenvalue weighted by molar-refractivity contribution is 5.66. The molecule has 0 aliphatic heterocycles. The van der Waals surface area contributed by atoms with Gasteiger partial charge in [0.25, 0.3) is 0 Å². The van der Waals surface area contributed by atoms with Crippen molar-refractivity contribution in [1.29, 1.82) is 0 Å². The van der Waals surface area contributed by atoms with Crippen LogP contribution in [-0.2, 0) is 4.79 Å². The Morgan fingerprint density at radius 2 is 1.69 bits per heavy atom. The molecule has 0 amide bonds. The molecule has 0 rings (SSSR count). The molecule has 0 aliphatic carbocycles. The van der Waals surface area contributed by atoms with Crippen molar-refractivity contribution in [2.75, 3.05) is 0 Å². The van der Waals surface area contributed by atoms with Crippen molar-refractivity contribution in [2.45, 2.75) is 71.3 Å². The topological polar surface area (TPSA) is 57.5 Å². The van der Waals surface area contributed by atoms with Crippen molar-refractivity contribution in [1.82, 2.24) is 0 Å². The van der Waals surface area contributed by atoms with Crippen LogP contribution in [0.2, 0.25) is 0 Å². The maximum atomic E-state index is 10.3. The summed E-state index contributed by atoms with van der Waals surface area (Å²) in [5.41, 5.74) is 0. The zero-order valence-electron chi connectivity index (χ0n) is 10.6. The van der Waals surface area contributed by atoms with E-state index in [9.17, 15) is 9.90 Å². The van der Waals surface area contributed by atoms with Crippen LogP contribution >= 0.6 is 0 Å². The number of hydrogen-bond acceptors (Lipinski definition) is 2. The van der Waals surface area contributed by atoms with Gasteiger partial charge in [-0.1, -0.05) is 39.5 Å². The monoisotopic (exact) mass is 230 g/mol. The summed E-state index contributed by atoms with van der Waals surface area (Å²) in [6, 6.07) is 0. The Bertz CT molecular complexity index is 180. The van der Waals surface area contributed by atoms with Gasteiger partial charge >= 0.3 is 5.97 Å². The van der Waals surface area contributed by atoms with Crippen molar-refractivity contribution in [3.05, 3.63) is 0 Å². The highest BCUT2D eigenvalue weighted by Crippen LogP contribution is 2.16. The van der Waals surface area contributed by atoms with Gasteiger partial charge in [-0.05, 0) is 25.2 Å². The summed E-state index contributed by atoms with van der Waals surface area (Å²) in [6.45, 7) is 4.10. The number of aliphatic hydroxyl groups is 1. The number of rotatable bonds is 10. The molecule has 0 unspecified atom stereocenters. The molecule has 0 aromatic heterocycles. The normalized spacial score (nSPS) is 14.7. The summed E-state index contributed by atoms with van der Waals surface area (Å²) in [5, 5.41) is 18.0. The van der Waals surface area contributed by atoms with Crippen molar-refractivity contribution in [3.63, 3.8) is 0 Å². The summed E-state index contributed by atoms with van der Waals surface area (Å²) >= 11 is 0. The first-order valence-corrected chi connectivity index (χ1v) is 6.47. The van der Waals surface area contributed by atoms with Gasteiger partial charge in [0, 0.05) is 6.42 Å². The first-order valence-electron chi connectivity index (χ1n) is 6.47. The summed E-state index contributed by atoms with van der Waals surface area (Å²) < 4.78 is 0. The van der Waals surface area contributed by atoms with Gasteiger partial charge in [-0.3, -0.25) is 4.79 Å². The van der Waals surface area contributed by atoms with Gasteiger partial charge in [-0.25, -0.2) is 0 Å². The van der Waals surface area contributed by atoms with E-state index in [1.807, 2.05) is 6.92 Å². The van der Waals surface area contributed by atoms with Gasteiger partial charge in [0.1, 0.15) is 0 Å². The largest absolute Gasteiger partial charge is 0.481 e. The Balaban J connectivity index is 3.23. The SMILES string of the molecule is CC[C@H](O)[C@H](C)CCCCCCCC(=O)O. The Hall–Kier alpha value is -0.570. The number of hydrogen-bond donors (Lipinski definition) is 2. The molecular weight excluding hydrogens is 204 g/mol. The van der Waals surface area contributed by atoms with Gasteiger partial charge in [0.2, 0.25) is 0 Å². The Morgan fingerprint density at radius 3 is 2.25 bits per heavy atom. The van der Waals surface area contributed by atoms with Crippen LogP contribution in [0, 0.1) is 5.92 Å². The van der Waals surface area contributed by atoms with Gasteiger partial charge in [-0.15, -0.1) is 0 Å². The number of carbonyl (C=O) groups is 1. The van der Waals surface area contributed by atoms with Crippen molar-refractivity contribution in [3.8, 4) is 0 Å². The quantitative estimate of drug-likeness (QED) is 0.567. The van der Waals surface area contributed by atoms with Gasteiger partial charge < -0.3 is 10.2 Å². The lowest BCUT2D eigenvalue weighted by Crippen LogP contribution is -2.15. The second-order valence-corrected chi connectivity index (χ2v) is 4.65. The predicted octanol–water partition coefficient (Wildman–Crippen LogP) is 3.21. The minimum absolute atomic E-state index is 0.160. The highest BCUT2D eigenvalue weighted by Gasteiger charge is 2.10. The molecule has 2 N–H and O–H groups in total. The number of aliphatic carboxylic acids is 1. The molecule has 0 heterocycles. The van der Waals surface area contributed by atoms with E-state index in [2.05, 4.69) is 6.92 Å². The number of carboxylic acid groups (broad SMARTS) is 1. The van der Waals surface area contributed by atoms with E-state index < -0.39 is 5.97 Å². The smallest absolute Gasteiger partial charge is 0.303 e. The van der Waals surface area contributed by atoms with Gasteiger partial charge in [0.15, 0.2) is 0 Å². The maximum Gasteiger partial charge on any atom is 0.303 e. The molecule has 0 bridgehead atoms. The minimum atomic E-state index is -0.695. The number of aliphatic hydroxyl groups excluding tert-OH is 1. The van der Waals surface area contributed by atoms with E-state index in [4.69, 9.17) is 5.11 Å². The fourth-order valence-corrected chi connectivity index (χ4v) is 1.87. The molecule has 96 valence electrons.